The van der Waals surface area contributed by atoms with Crippen LogP contribution in [0.3, 0.4) is 0 Å². The van der Waals surface area contributed by atoms with Crippen LogP contribution in [0.1, 0.15) is 16.1 Å². The third-order valence-corrected chi connectivity index (χ3v) is 6.88. The number of hydrogen-bond acceptors (Lipinski definition) is 5. The molecule has 1 saturated heterocycles. The fraction of sp³-hybridized carbons (Fsp3) is 0.208. The van der Waals surface area contributed by atoms with Crippen LogP contribution in [0.15, 0.2) is 62.7 Å². The van der Waals surface area contributed by atoms with E-state index < -0.39 is 5.91 Å². The highest BCUT2D eigenvalue weighted by atomic mass is 127. The van der Waals surface area contributed by atoms with Crippen LogP contribution < -0.4 is 5.43 Å². The van der Waals surface area contributed by atoms with Gasteiger partial charge in [-0.15, -0.1) is 0 Å². The minimum atomic E-state index is -0.439. The van der Waals surface area contributed by atoms with Crippen molar-refractivity contribution in [2.75, 3.05) is 26.3 Å². The zero-order valence-corrected chi connectivity index (χ0v) is 21.7. The smallest absolute Gasteiger partial charge is 0.307 e. The van der Waals surface area contributed by atoms with Crippen molar-refractivity contribution in [2.24, 2.45) is 5.10 Å². The third-order valence-electron chi connectivity index (χ3n) is 5.62. The summed E-state index contributed by atoms with van der Waals surface area (Å²) in [5, 5.41) is 5.92. The second kappa shape index (κ2) is 9.88. The van der Waals surface area contributed by atoms with Gasteiger partial charge in [-0.3, -0.25) is 9.59 Å². The normalized spacial score (nSPS) is 14.4. The van der Waals surface area contributed by atoms with E-state index in [9.17, 15) is 9.59 Å². The number of nitrogens with one attached hydrogen (secondary N) is 1. The molecule has 34 heavy (non-hydrogen) atoms. The van der Waals surface area contributed by atoms with Crippen LogP contribution >= 0.6 is 38.5 Å². The summed E-state index contributed by atoms with van der Waals surface area (Å²) < 4.78 is 14.8. The van der Waals surface area contributed by atoms with E-state index in [1.54, 1.807) is 12.3 Å². The number of hydrazone groups is 1. The van der Waals surface area contributed by atoms with Crippen LogP contribution in [-0.2, 0) is 16.1 Å². The van der Waals surface area contributed by atoms with Gasteiger partial charge < -0.3 is 18.6 Å². The molecule has 1 fully saturated rings. The number of para-hydroxylation sites is 1. The van der Waals surface area contributed by atoms with Gasteiger partial charge in [0.05, 0.1) is 23.0 Å². The van der Waals surface area contributed by atoms with E-state index in [-0.39, 0.29) is 18.2 Å². The number of halogens is 2. The van der Waals surface area contributed by atoms with Gasteiger partial charge in [0.25, 0.3) is 0 Å². The lowest BCUT2D eigenvalue weighted by molar-refractivity contribution is -0.135. The van der Waals surface area contributed by atoms with Crippen LogP contribution in [0.25, 0.3) is 21.9 Å². The van der Waals surface area contributed by atoms with Crippen molar-refractivity contribution in [1.82, 2.24) is 14.9 Å². The first-order valence-corrected chi connectivity index (χ1v) is 12.5. The van der Waals surface area contributed by atoms with Crippen molar-refractivity contribution in [2.45, 2.75) is 6.54 Å². The quantitative estimate of drug-likeness (QED) is 0.201. The zero-order chi connectivity index (χ0) is 23.7. The summed E-state index contributed by atoms with van der Waals surface area (Å²) >= 11 is 5.62. The molecular weight excluding hydrogens is 615 g/mol. The number of ether oxygens (including phenoxy) is 1. The predicted molar refractivity (Wildman–Crippen MR) is 141 cm³/mol. The molecule has 2 amide bonds. The summed E-state index contributed by atoms with van der Waals surface area (Å²) in [4.78, 5) is 27.2. The lowest BCUT2D eigenvalue weighted by Gasteiger charge is -2.27. The van der Waals surface area contributed by atoms with E-state index in [1.807, 2.05) is 52.1 Å². The van der Waals surface area contributed by atoms with E-state index in [0.717, 1.165) is 29.9 Å². The molecule has 1 aliphatic rings. The second-order valence-electron chi connectivity index (χ2n) is 7.84. The van der Waals surface area contributed by atoms with Gasteiger partial charge in [0.1, 0.15) is 12.1 Å². The van der Waals surface area contributed by atoms with E-state index in [2.05, 4.69) is 49.0 Å². The molecule has 4 aromatic rings. The Balaban J connectivity index is 1.33. The van der Waals surface area contributed by atoms with Gasteiger partial charge >= 0.3 is 5.91 Å². The third kappa shape index (κ3) is 4.75. The molecule has 0 bridgehead atoms. The molecule has 2 aromatic carbocycles. The minimum Gasteiger partial charge on any atom is -0.450 e. The summed E-state index contributed by atoms with van der Waals surface area (Å²) in [6, 6.07) is 13.3. The standard InChI is InChI=1S/C24H20BrIN4O4/c25-17-9-15-10-21(34-23(15)19(26)11-17)24(32)28-27-12-16-13-30(20-4-2-1-3-18(16)20)14-22(31)29-5-7-33-8-6-29/h1-4,9-13H,5-8,14H2,(H,28,32)/b27-12-. The number of benzene rings is 2. The maximum absolute atomic E-state index is 12.7. The van der Waals surface area contributed by atoms with Crippen molar-refractivity contribution in [3.63, 3.8) is 0 Å². The number of carbonyl (C=O) groups is 2. The van der Waals surface area contributed by atoms with Crippen molar-refractivity contribution in [3.05, 3.63) is 68.0 Å². The molecule has 0 aliphatic carbocycles. The lowest BCUT2D eigenvalue weighted by atomic mass is 10.2. The second-order valence-corrected chi connectivity index (χ2v) is 9.92. The van der Waals surface area contributed by atoms with Gasteiger partial charge in [-0.2, -0.15) is 5.10 Å². The van der Waals surface area contributed by atoms with E-state index in [0.29, 0.717) is 31.9 Å². The van der Waals surface area contributed by atoms with Crippen LogP contribution in [-0.4, -0.2) is 53.8 Å². The van der Waals surface area contributed by atoms with Crippen molar-refractivity contribution >= 4 is 78.4 Å². The van der Waals surface area contributed by atoms with Crippen LogP contribution in [0.4, 0.5) is 0 Å². The molecule has 0 spiro atoms. The number of rotatable bonds is 5. The highest BCUT2D eigenvalue weighted by Crippen LogP contribution is 2.28. The SMILES string of the molecule is O=C(N/N=C\c1cn(CC(=O)N2CCOCC2)c2ccccc12)c1cc2cc(Br)cc(I)c2o1. The number of amides is 2. The molecule has 174 valence electrons. The highest BCUT2D eigenvalue weighted by molar-refractivity contribution is 14.1. The monoisotopic (exact) mass is 634 g/mol. The Morgan fingerprint density at radius 3 is 2.79 bits per heavy atom. The number of hydrogen-bond donors (Lipinski definition) is 1. The highest BCUT2D eigenvalue weighted by Gasteiger charge is 2.19. The molecule has 0 unspecified atom stereocenters. The molecule has 2 aromatic heterocycles. The van der Waals surface area contributed by atoms with Crippen molar-refractivity contribution in [3.8, 4) is 0 Å². The fourth-order valence-electron chi connectivity index (χ4n) is 3.97. The van der Waals surface area contributed by atoms with Crippen LogP contribution in [0.2, 0.25) is 0 Å². The zero-order valence-electron chi connectivity index (χ0n) is 18.0. The summed E-state index contributed by atoms with van der Waals surface area (Å²) in [7, 11) is 0. The first-order valence-electron chi connectivity index (χ1n) is 10.6. The Labute approximate surface area is 217 Å². The van der Waals surface area contributed by atoms with Gasteiger partial charge in [0.2, 0.25) is 5.91 Å². The van der Waals surface area contributed by atoms with Gasteiger partial charge in [-0.1, -0.05) is 34.1 Å². The first kappa shape index (κ1) is 23.1. The summed E-state index contributed by atoms with van der Waals surface area (Å²) in [5.74, 6) is -0.209. The van der Waals surface area contributed by atoms with Gasteiger partial charge in [-0.05, 0) is 46.9 Å². The Hall–Kier alpha value is -2.70. The first-order chi connectivity index (χ1) is 16.5. The number of furan rings is 1. The summed E-state index contributed by atoms with van der Waals surface area (Å²) in [5.41, 5.74) is 4.92. The predicted octanol–water partition coefficient (Wildman–Crippen LogP) is 4.38. The maximum Gasteiger partial charge on any atom is 0.307 e. The van der Waals surface area contributed by atoms with Crippen LogP contribution in [0, 0.1) is 3.57 Å². The number of fused-ring (bicyclic) bond motifs is 2. The summed E-state index contributed by atoms with van der Waals surface area (Å²) in [6.07, 6.45) is 3.46. The largest absolute Gasteiger partial charge is 0.450 e. The maximum atomic E-state index is 12.7. The molecule has 0 saturated carbocycles. The number of carbonyl (C=O) groups excluding carboxylic acids is 2. The Morgan fingerprint density at radius 2 is 1.97 bits per heavy atom. The Kier molecular flexibility index (Phi) is 6.70. The number of nitrogens with zero attached hydrogens (tertiary/aromatic N) is 3. The Morgan fingerprint density at radius 1 is 1.18 bits per heavy atom. The molecular formula is C24H20BrIN4O4. The average Bonchev–Trinajstić information content (AvgIpc) is 3.42. The topological polar surface area (TPSA) is 89.1 Å². The molecule has 0 atom stereocenters. The molecule has 0 radical (unpaired) electrons. The molecule has 8 nitrogen and oxygen atoms in total. The van der Waals surface area contributed by atoms with Crippen molar-refractivity contribution < 1.29 is 18.7 Å². The molecule has 10 heteroatoms. The fourth-order valence-corrected chi connectivity index (χ4v) is 5.63. The van der Waals surface area contributed by atoms with Gasteiger partial charge in [0, 0.05) is 45.6 Å². The van der Waals surface area contributed by atoms with E-state index in [4.69, 9.17) is 9.15 Å². The number of aromatic nitrogens is 1. The van der Waals surface area contributed by atoms with Crippen molar-refractivity contribution in [1.29, 1.82) is 0 Å². The molecule has 1 aliphatic heterocycles. The van der Waals surface area contributed by atoms with Crippen LogP contribution in [0.5, 0.6) is 0 Å². The molecule has 3 heterocycles. The van der Waals surface area contributed by atoms with E-state index >= 15 is 0 Å². The minimum absolute atomic E-state index is 0.0481. The number of morpholine rings is 1. The molecule has 1 N–H and O–H groups in total. The Bertz CT molecular complexity index is 1420. The van der Waals surface area contributed by atoms with E-state index in [1.165, 1.54) is 0 Å². The average molecular weight is 635 g/mol. The molecule has 5 rings (SSSR count). The van der Waals surface area contributed by atoms with Gasteiger partial charge in [-0.25, -0.2) is 5.43 Å². The van der Waals surface area contributed by atoms with Gasteiger partial charge in [0.15, 0.2) is 5.76 Å². The summed E-state index contributed by atoms with van der Waals surface area (Å²) in [6.45, 7) is 2.58. The lowest BCUT2D eigenvalue weighted by Crippen LogP contribution is -2.42.